The highest BCUT2D eigenvalue weighted by Gasteiger charge is 2.30. The van der Waals surface area contributed by atoms with Gasteiger partial charge in [0.05, 0.1) is 23.7 Å². The predicted molar refractivity (Wildman–Crippen MR) is 131 cm³/mol. The van der Waals surface area contributed by atoms with Crippen LogP contribution in [0.2, 0.25) is 5.02 Å². The van der Waals surface area contributed by atoms with Crippen LogP contribution < -0.4 is 15.2 Å². The lowest BCUT2D eigenvalue weighted by Gasteiger charge is -2.36. The molecule has 0 spiro atoms. The fourth-order valence-corrected chi connectivity index (χ4v) is 6.27. The van der Waals surface area contributed by atoms with Crippen molar-refractivity contribution in [2.45, 2.75) is 38.2 Å². The maximum absolute atomic E-state index is 13.5. The first kappa shape index (κ1) is 24.3. The van der Waals surface area contributed by atoms with Gasteiger partial charge in [-0.1, -0.05) is 17.7 Å². The lowest BCUT2D eigenvalue weighted by atomic mass is 10.2. The van der Waals surface area contributed by atoms with Crippen LogP contribution >= 0.6 is 23.2 Å². The number of anilines is 1. The molecule has 2 fully saturated rings. The van der Waals surface area contributed by atoms with Gasteiger partial charge in [0.1, 0.15) is 5.69 Å². The maximum atomic E-state index is 13.5. The molecule has 0 bridgehead atoms. The summed E-state index contributed by atoms with van der Waals surface area (Å²) in [4.78, 5) is 15.4. The second-order valence-corrected chi connectivity index (χ2v) is 11.2. The molecule has 2 aliphatic rings. The Morgan fingerprint density at radius 1 is 1.12 bits per heavy atom. The normalized spacial score (nSPS) is 18.1. The number of hydrogen-bond acceptors (Lipinski definition) is 6. The van der Waals surface area contributed by atoms with E-state index in [-0.39, 0.29) is 23.2 Å². The number of ether oxygens (including phenoxy) is 1. The number of alkyl halides is 1. The summed E-state index contributed by atoms with van der Waals surface area (Å²) in [5, 5.41) is 4.89. The summed E-state index contributed by atoms with van der Waals surface area (Å²) in [6.45, 7) is 1.57. The van der Waals surface area contributed by atoms with E-state index in [9.17, 15) is 13.2 Å². The van der Waals surface area contributed by atoms with Crippen molar-refractivity contribution in [3.63, 3.8) is 0 Å². The molecule has 2 heterocycles. The van der Waals surface area contributed by atoms with Gasteiger partial charge in [0.15, 0.2) is 0 Å². The number of benzene rings is 1. The molecular formula is C22H28Cl2N4O4S. The van der Waals surface area contributed by atoms with Crippen LogP contribution in [-0.4, -0.2) is 66.4 Å². The van der Waals surface area contributed by atoms with E-state index in [4.69, 9.17) is 27.9 Å². The van der Waals surface area contributed by atoms with E-state index in [1.165, 1.54) is 8.99 Å². The Morgan fingerprint density at radius 2 is 1.85 bits per heavy atom. The molecule has 0 radical (unpaired) electrons. The standard InChI is InChI=1S/C22H28Cl2N4O4S/c23-9-4-14-33(30,31)27-12-10-26(11-13-27)20-16-25-28(18-6-3-5-17(24)15-18)22(29)21(20)32-19-7-1-2-8-19/h3,5-6,15-16,19H,1-2,4,7-14H2. The van der Waals surface area contributed by atoms with Gasteiger partial charge >= 0.3 is 5.56 Å². The molecule has 1 aliphatic heterocycles. The van der Waals surface area contributed by atoms with E-state index in [2.05, 4.69) is 5.10 Å². The quantitative estimate of drug-likeness (QED) is 0.502. The summed E-state index contributed by atoms with van der Waals surface area (Å²) in [5.74, 6) is 0.620. The van der Waals surface area contributed by atoms with Crippen LogP contribution in [0, 0.1) is 0 Å². The Morgan fingerprint density at radius 3 is 2.52 bits per heavy atom. The van der Waals surface area contributed by atoms with E-state index in [1.807, 2.05) is 4.90 Å². The predicted octanol–water partition coefficient (Wildman–Crippen LogP) is 3.29. The van der Waals surface area contributed by atoms with Gasteiger partial charge in [-0.25, -0.2) is 8.42 Å². The summed E-state index contributed by atoms with van der Waals surface area (Å²) in [6, 6.07) is 6.95. The van der Waals surface area contributed by atoms with E-state index in [1.54, 1.807) is 30.5 Å². The molecule has 1 aromatic heterocycles. The first-order valence-corrected chi connectivity index (χ1v) is 13.7. The number of aromatic nitrogens is 2. The third-order valence-electron chi connectivity index (χ3n) is 6.06. The van der Waals surface area contributed by atoms with Crippen molar-refractivity contribution < 1.29 is 13.2 Å². The number of sulfonamides is 1. The molecule has 8 nitrogen and oxygen atoms in total. The van der Waals surface area contributed by atoms with Crippen molar-refractivity contribution in [3.8, 4) is 11.4 Å². The molecule has 0 atom stereocenters. The minimum atomic E-state index is -3.34. The lowest BCUT2D eigenvalue weighted by molar-refractivity contribution is 0.205. The number of hydrogen-bond donors (Lipinski definition) is 0. The molecule has 1 saturated heterocycles. The van der Waals surface area contributed by atoms with Crippen LogP contribution in [0.15, 0.2) is 35.3 Å². The second kappa shape index (κ2) is 10.6. The van der Waals surface area contributed by atoms with Crippen molar-refractivity contribution >= 4 is 38.9 Å². The Balaban J connectivity index is 1.61. The molecule has 4 rings (SSSR count). The molecule has 11 heteroatoms. The molecule has 0 N–H and O–H groups in total. The van der Waals surface area contributed by atoms with Crippen LogP contribution in [0.1, 0.15) is 32.1 Å². The maximum Gasteiger partial charge on any atom is 0.316 e. The molecule has 1 aliphatic carbocycles. The third-order valence-corrected chi connectivity index (χ3v) is 8.52. The van der Waals surface area contributed by atoms with Crippen molar-refractivity contribution in [3.05, 3.63) is 45.8 Å². The molecule has 180 valence electrons. The highest BCUT2D eigenvalue weighted by Crippen LogP contribution is 2.30. The van der Waals surface area contributed by atoms with E-state index in [0.29, 0.717) is 54.9 Å². The Hall–Kier alpha value is -1.81. The topological polar surface area (TPSA) is 84.7 Å². The monoisotopic (exact) mass is 514 g/mol. The van der Waals surface area contributed by atoms with Crippen LogP contribution in [0.25, 0.3) is 5.69 Å². The lowest BCUT2D eigenvalue weighted by Crippen LogP contribution is -2.49. The molecule has 33 heavy (non-hydrogen) atoms. The van der Waals surface area contributed by atoms with Gasteiger partial charge in [0.25, 0.3) is 0 Å². The van der Waals surface area contributed by atoms with Crippen molar-refractivity contribution in [1.29, 1.82) is 0 Å². The summed E-state index contributed by atoms with van der Waals surface area (Å²) >= 11 is 11.8. The number of halogens is 2. The zero-order valence-electron chi connectivity index (χ0n) is 18.3. The van der Waals surface area contributed by atoms with Gasteiger partial charge in [0.2, 0.25) is 15.8 Å². The van der Waals surface area contributed by atoms with Gasteiger partial charge < -0.3 is 9.64 Å². The second-order valence-electron chi connectivity index (χ2n) is 8.32. The van der Waals surface area contributed by atoms with Gasteiger partial charge in [-0.2, -0.15) is 14.1 Å². The molecule has 2 aromatic rings. The Bertz CT molecular complexity index is 1130. The average molecular weight is 515 g/mol. The Kier molecular flexibility index (Phi) is 7.83. The van der Waals surface area contributed by atoms with Gasteiger partial charge in [0, 0.05) is 37.1 Å². The molecular weight excluding hydrogens is 487 g/mol. The zero-order valence-corrected chi connectivity index (χ0v) is 20.7. The largest absolute Gasteiger partial charge is 0.483 e. The van der Waals surface area contributed by atoms with Crippen LogP contribution in [0.4, 0.5) is 5.69 Å². The van der Waals surface area contributed by atoms with Gasteiger partial charge in [-0.05, 0) is 50.3 Å². The average Bonchev–Trinajstić information content (AvgIpc) is 3.32. The van der Waals surface area contributed by atoms with Crippen molar-refractivity contribution in [2.75, 3.05) is 42.7 Å². The Labute approximate surface area is 204 Å². The van der Waals surface area contributed by atoms with Crippen molar-refractivity contribution in [1.82, 2.24) is 14.1 Å². The minimum absolute atomic E-state index is 0.0103. The van der Waals surface area contributed by atoms with Gasteiger partial charge in [-0.3, -0.25) is 4.79 Å². The summed E-state index contributed by atoms with van der Waals surface area (Å²) in [6.07, 6.45) is 6.01. The zero-order chi connectivity index (χ0) is 23.4. The van der Waals surface area contributed by atoms with E-state index < -0.39 is 10.0 Å². The number of piperazine rings is 1. The SMILES string of the molecule is O=c1c(OC2CCCC2)c(N2CCN(S(=O)(=O)CCCCl)CC2)cnn1-c1cccc(Cl)c1. The highest BCUT2D eigenvalue weighted by atomic mass is 35.5. The molecule has 1 aromatic carbocycles. The van der Waals surface area contributed by atoms with Crippen molar-refractivity contribution in [2.24, 2.45) is 0 Å². The summed E-state index contributed by atoms with van der Waals surface area (Å²) in [5.41, 5.74) is 0.812. The first-order chi connectivity index (χ1) is 15.9. The van der Waals surface area contributed by atoms with E-state index in [0.717, 1.165) is 25.7 Å². The fourth-order valence-electron chi connectivity index (χ4n) is 4.30. The minimum Gasteiger partial charge on any atom is -0.483 e. The van der Waals surface area contributed by atoms with Crippen LogP contribution in [0.3, 0.4) is 0 Å². The van der Waals surface area contributed by atoms with Gasteiger partial charge in [-0.15, -0.1) is 11.6 Å². The molecule has 1 saturated carbocycles. The summed E-state index contributed by atoms with van der Waals surface area (Å²) < 4.78 is 34.1. The smallest absolute Gasteiger partial charge is 0.316 e. The van der Waals surface area contributed by atoms with Crippen LogP contribution in [0.5, 0.6) is 5.75 Å². The van der Waals surface area contributed by atoms with E-state index >= 15 is 0 Å². The highest BCUT2D eigenvalue weighted by molar-refractivity contribution is 7.89. The number of nitrogens with zero attached hydrogens (tertiary/aromatic N) is 4. The third kappa shape index (κ3) is 5.65. The molecule has 0 unspecified atom stereocenters. The number of rotatable bonds is 8. The fraction of sp³-hybridized carbons (Fsp3) is 0.545. The first-order valence-electron chi connectivity index (χ1n) is 11.2. The molecule has 0 amide bonds. The summed E-state index contributed by atoms with van der Waals surface area (Å²) in [7, 11) is -3.34. The van der Waals surface area contributed by atoms with Crippen LogP contribution in [-0.2, 0) is 10.0 Å².